The zero-order valence-corrected chi connectivity index (χ0v) is 24.5. The Morgan fingerprint density at radius 2 is 1.84 bits per heavy atom. The van der Waals surface area contributed by atoms with Crippen LogP contribution in [0.25, 0.3) is 6.08 Å². The summed E-state index contributed by atoms with van der Waals surface area (Å²) in [4.78, 5) is 31.7. The molecule has 2 fully saturated rings. The number of nitriles is 1. The van der Waals surface area contributed by atoms with Gasteiger partial charge in [0.15, 0.2) is 0 Å². The van der Waals surface area contributed by atoms with Gasteiger partial charge in [-0.1, -0.05) is 81.5 Å². The number of aromatic nitrogens is 1. The number of benzene rings is 1. The molecule has 1 amide bonds. The number of hydrogen-bond donors (Lipinski definition) is 0. The van der Waals surface area contributed by atoms with Crippen LogP contribution in [-0.4, -0.2) is 32.8 Å². The Kier molecular flexibility index (Phi) is 8.79. The van der Waals surface area contributed by atoms with E-state index < -0.39 is 0 Å². The zero-order chi connectivity index (χ0) is 27.6. The number of anilines is 1. The maximum absolute atomic E-state index is 13.7. The number of amides is 1. The minimum atomic E-state index is -0.248. The molecule has 0 radical (unpaired) electrons. The van der Waals surface area contributed by atoms with Gasteiger partial charge in [-0.2, -0.15) is 5.26 Å². The average molecular weight is 549 g/mol. The van der Waals surface area contributed by atoms with Crippen LogP contribution >= 0.6 is 24.0 Å². The van der Waals surface area contributed by atoms with Crippen LogP contribution in [0.3, 0.4) is 0 Å². The summed E-state index contributed by atoms with van der Waals surface area (Å²) >= 11 is 6.96. The number of carbonyl (C=O) groups is 1. The van der Waals surface area contributed by atoms with Gasteiger partial charge in [0.1, 0.15) is 21.8 Å². The third-order valence-corrected chi connectivity index (χ3v) is 8.85. The first kappa shape index (κ1) is 28.1. The maximum atomic E-state index is 13.7. The fraction of sp³-hybridized carbons (Fsp3) is 0.467. The van der Waals surface area contributed by atoms with E-state index in [1.54, 1.807) is 9.47 Å². The molecule has 2 aliphatic heterocycles. The first-order valence-electron chi connectivity index (χ1n) is 13.4. The summed E-state index contributed by atoms with van der Waals surface area (Å²) in [5.74, 6) is 1.62. The Morgan fingerprint density at radius 3 is 2.45 bits per heavy atom. The van der Waals surface area contributed by atoms with E-state index in [-0.39, 0.29) is 23.1 Å². The molecule has 38 heavy (non-hydrogen) atoms. The van der Waals surface area contributed by atoms with Gasteiger partial charge in [0.2, 0.25) is 0 Å². The molecular weight excluding hydrogens is 512 g/mol. The Hall–Kier alpha value is -2.89. The van der Waals surface area contributed by atoms with Crippen molar-refractivity contribution in [1.82, 2.24) is 9.47 Å². The summed E-state index contributed by atoms with van der Waals surface area (Å²) in [6, 6.07) is 11.8. The molecule has 2 aromatic rings. The molecule has 2 saturated heterocycles. The lowest BCUT2D eigenvalue weighted by Crippen LogP contribution is -2.43. The molecule has 3 unspecified atom stereocenters. The van der Waals surface area contributed by atoms with Gasteiger partial charge in [0.05, 0.1) is 10.9 Å². The molecule has 3 heterocycles. The second-order valence-electron chi connectivity index (χ2n) is 10.6. The van der Waals surface area contributed by atoms with Crippen molar-refractivity contribution in [3.63, 3.8) is 0 Å². The first-order chi connectivity index (χ1) is 18.2. The number of thiocarbonyl (C=S) groups is 1. The topological polar surface area (TPSA) is 69.3 Å². The van der Waals surface area contributed by atoms with Crippen LogP contribution in [-0.2, 0) is 11.3 Å². The molecule has 1 aromatic carbocycles. The van der Waals surface area contributed by atoms with E-state index in [0.717, 1.165) is 49.3 Å². The predicted molar refractivity (Wildman–Crippen MR) is 160 cm³/mol. The molecule has 4 rings (SSSR count). The summed E-state index contributed by atoms with van der Waals surface area (Å²) in [7, 11) is 0. The molecule has 6 nitrogen and oxygen atoms in total. The van der Waals surface area contributed by atoms with Crippen LogP contribution < -0.4 is 10.5 Å². The Balaban J connectivity index is 1.87. The molecule has 0 N–H and O–H groups in total. The van der Waals surface area contributed by atoms with Crippen molar-refractivity contribution < 1.29 is 4.79 Å². The third kappa shape index (κ3) is 5.45. The number of unbranched alkanes of at least 4 members (excludes halogenated alkanes) is 1. The normalized spacial score (nSPS) is 21.7. The quantitative estimate of drug-likeness (QED) is 0.300. The van der Waals surface area contributed by atoms with Gasteiger partial charge in [-0.25, -0.2) is 0 Å². The summed E-state index contributed by atoms with van der Waals surface area (Å²) in [5.41, 5.74) is 2.29. The van der Waals surface area contributed by atoms with Gasteiger partial charge in [0.25, 0.3) is 11.5 Å². The molecule has 8 heteroatoms. The van der Waals surface area contributed by atoms with Gasteiger partial charge in [-0.05, 0) is 55.7 Å². The van der Waals surface area contributed by atoms with Gasteiger partial charge in [-0.3, -0.25) is 19.1 Å². The molecule has 1 aromatic heterocycles. The number of hydrogen-bond acceptors (Lipinski definition) is 6. The largest absolute Gasteiger partial charge is 0.357 e. The SMILES string of the molecule is CCCCn1c(N2CC(C)CC(C)C2)c(C=C2SC(=S)N(C(C)c3ccccc3)C2=O)c(C)c(C#N)c1=O. The monoisotopic (exact) mass is 548 g/mol. The Morgan fingerprint density at radius 1 is 1.18 bits per heavy atom. The molecule has 0 saturated carbocycles. The van der Waals surface area contributed by atoms with Crippen molar-refractivity contribution in [2.45, 2.75) is 66.5 Å². The number of pyridine rings is 1. The lowest BCUT2D eigenvalue weighted by Gasteiger charge is -2.39. The highest BCUT2D eigenvalue weighted by atomic mass is 32.2. The molecule has 0 aliphatic carbocycles. The van der Waals surface area contributed by atoms with Crippen molar-refractivity contribution in [2.24, 2.45) is 11.8 Å². The lowest BCUT2D eigenvalue weighted by atomic mass is 9.91. The molecule has 0 spiro atoms. The van der Waals surface area contributed by atoms with Crippen LogP contribution in [0.5, 0.6) is 0 Å². The molecular formula is C30H36N4O2S2. The van der Waals surface area contributed by atoms with E-state index in [2.05, 4.69) is 31.7 Å². The summed E-state index contributed by atoms with van der Waals surface area (Å²) < 4.78 is 2.29. The predicted octanol–water partition coefficient (Wildman–Crippen LogP) is 6.27. The standard InChI is InChI=1S/C30H36N4O2S2/c1-6-7-13-33-27(32-17-19(2)14-20(3)18-32)24(21(4)25(16-31)28(33)35)15-26-29(36)34(30(37)38-26)22(5)23-11-9-8-10-12-23/h8-12,15,19-20,22H,6-7,13-14,17-18H2,1-5H3. The second-order valence-corrected chi connectivity index (χ2v) is 12.3. The number of nitrogens with zero attached hydrogens (tertiary/aromatic N) is 4. The maximum Gasteiger partial charge on any atom is 0.270 e. The van der Waals surface area contributed by atoms with Crippen molar-refractivity contribution >= 4 is 46.1 Å². The van der Waals surface area contributed by atoms with E-state index in [1.807, 2.05) is 50.3 Å². The molecule has 0 bridgehead atoms. The first-order valence-corrected chi connectivity index (χ1v) is 14.6. The minimum Gasteiger partial charge on any atom is -0.357 e. The fourth-order valence-electron chi connectivity index (χ4n) is 5.67. The third-order valence-electron chi connectivity index (χ3n) is 7.52. The van der Waals surface area contributed by atoms with E-state index in [9.17, 15) is 14.9 Å². The van der Waals surface area contributed by atoms with Gasteiger partial charge >= 0.3 is 0 Å². The van der Waals surface area contributed by atoms with Gasteiger partial charge in [0, 0.05) is 25.2 Å². The summed E-state index contributed by atoms with van der Waals surface area (Å²) in [6.45, 7) is 12.6. The molecule has 3 atom stereocenters. The van der Waals surface area contributed by atoms with Gasteiger partial charge < -0.3 is 4.90 Å². The number of thioether (sulfide) groups is 1. The Labute approximate surface area is 235 Å². The summed E-state index contributed by atoms with van der Waals surface area (Å²) in [5, 5.41) is 9.96. The number of piperidine rings is 1. The smallest absolute Gasteiger partial charge is 0.270 e. The van der Waals surface area contributed by atoms with Crippen LogP contribution in [0, 0.1) is 30.1 Å². The second kappa shape index (κ2) is 11.9. The van der Waals surface area contributed by atoms with Crippen molar-refractivity contribution in [3.8, 4) is 6.07 Å². The Bertz CT molecular complexity index is 1350. The van der Waals surface area contributed by atoms with Gasteiger partial charge in [-0.15, -0.1) is 0 Å². The van der Waals surface area contributed by atoms with Crippen LogP contribution in [0.15, 0.2) is 40.0 Å². The van der Waals surface area contributed by atoms with Crippen LogP contribution in [0.1, 0.15) is 75.3 Å². The summed E-state index contributed by atoms with van der Waals surface area (Å²) in [6.07, 6.45) is 4.76. The van der Waals surface area contributed by atoms with E-state index in [4.69, 9.17) is 12.2 Å². The van der Waals surface area contributed by atoms with E-state index in [1.165, 1.54) is 11.8 Å². The minimum absolute atomic E-state index is 0.141. The van der Waals surface area contributed by atoms with Crippen molar-refractivity contribution in [2.75, 3.05) is 18.0 Å². The highest BCUT2D eigenvalue weighted by Crippen LogP contribution is 2.40. The van der Waals surface area contributed by atoms with Crippen molar-refractivity contribution in [1.29, 1.82) is 5.26 Å². The zero-order valence-electron chi connectivity index (χ0n) is 22.9. The van der Waals surface area contributed by atoms with E-state index in [0.29, 0.717) is 33.2 Å². The van der Waals surface area contributed by atoms with Crippen LogP contribution in [0.2, 0.25) is 0 Å². The molecule has 2 aliphatic rings. The van der Waals surface area contributed by atoms with E-state index >= 15 is 0 Å². The highest BCUT2D eigenvalue weighted by Gasteiger charge is 2.37. The molecule has 200 valence electrons. The van der Waals surface area contributed by atoms with Crippen molar-refractivity contribution in [3.05, 3.63) is 67.8 Å². The average Bonchev–Trinajstić information content (AvgIpc) is 3.16. The van der Waals surface area contributed by atoms with Crippen LogP contribution in [0.4, 0.5) is 5.82 Å². The number of carbonyl (C=O) groups excluding carboxylic acids is 1. The highest BCUT2D eigenvalue weighted by molar-refractivity contribution is 8.26. The number of rotatable bonds is 7. The fourth-order valence-corrected chi connectivity index (χ4v) is 7.07. The lowest BCUT2D eigenvalue weighted by molar-refractivity contribution is -0.123.